The van der Waals surface area contributed by atoms with E-state index < -0.39 is 0 Å². The summed E-state index contributed by atoms with van der Waals surface area (Å²) in [4.78, 5) is 3.26. The molecule has 90 valence electrons. The third-order valence-corrected chi connectivity index (χ3v) is 3.48. The Kier molecular flexibility index (Phi) is 2.87. The first-order chi connectivity index (χ1) is 8.33. The molecule has 1 aliphatic carbocycles. The topological polar surface area (TPSA) is 39.3 Å². The summed E-state index contributed by atoms with van der Waals surface area (Å²) in [5.41, 5.74) is 2.46. The largest absolute Gasteiger partial charge is 0.361 e. The number of nitrogens with one attached hydrogen (secondary N) is 1. The third-order valence-electron chi connectivity index (χ3n) is 3.48. The third kappa shape index (κ3) is 2.51. The Bertz CT molecular complexity index is 502. The van der Waals surface area contributed by atoms with Gasteiger partial charge in [0.1, 0.15) is 0 Å². The number of H-pyrrole nitrogens is 1. The zero-order valence-electron chi connectivity index (χ0n) is 9.89. The maximum atomic E-state index is 9.75. The summed E-state index contributed by atoms with van der Waals surface area (Å²) < 4.78 is 0. The van der Waals surface area contributed by atoms with E-state index in [9.17, 15) is 5.21 Å². The molecule has 0 spiro atoms. The van der Waals surface area contributed by atoms with Gasteiger partial charge in [0, 0.05) is 30.2 Å². The maximum Gasteiger partial charge on any atom is 0.0456 e. The monoisotopic (exact) mass is 230 g/mol. The number of aromatic nitrogens is 1. The number of fused-ring (bicyclic) bond motifs is 1. The van der Waals surface area contributed by atoms with Crippen LogP contribution in [0.5, 0.6) is 0 Å². The van der Waals surface area contributed by atoms with Crippen LogP contribution in [0.2, 0.25) is 0 Å². The first-order valence-corrected chi connectivity index (χ1v) is 6.32. The van der Waals surface area contributed by atoms with E-state index in [1.807, 2.05) is 6.07 Å². The number of hydrogen-bond donors (Lipinski definition) is 2. The summed E-state index contributed by atoms with van der Waals surface area (Å²) in [6.45, 7) is 1.56. The molecule has 3 rings (SSSR count). The van der Waals surface area contributed by atoms with Crippen molar-refractivity contribution in [1.82, 2.24) is 10.0 Å². The van der Waals surface area contributed by atoms with Gasteiger partial charge < -0.3 is 10.2 Å². The SMILES string of the molecule is ON(CCc1c[nH]c2ccccc12)CC1CC1. The van der Waals surface area contributed by atoms with Crippen LogP contribution in [-0.2, 0) is 6.42 Å². The summed E-state index contributed by atoms with van der Waals surface area (Å²) in [6.07, 6.45) is 5.51. The van der Waals surface area contributed by atoms with Crippen LogP contribution in [0.25, 0.3) is 10.9 Å². The Balaban J connectivity index is 1.63. The van der Waals surface area contributed by atoms with Crippen molar-refractivity contribution in [3.8, 4) is 0 Å². The standard InChI is InChI=1S/C14H18N2O/c17-16(10-11-5-6-11)8-7-12-9-15-14-4-2-1-3-13(12)14/h1-4,9,11,15,17H,5-8,10H2. The number of hydroxylamine groups is 2. The van der Waals surface area contributed by atoms with E-state index in [4.69, 9.17) is 0 Å². The van der Waals surface area contributed by atoms with Crippen molar-refractivity contribution >= 4 is 10.9 Å². The molecule has 3 nitrogen and oxygen atoms in total. The van der Waals surface area contributed by atoms with Crippen molar-refractivity contribution in [2.45, 2.75) is 19.3 Å². The lowest BCUT2D eigenvalue weighted by Gasteiger charge is -2.13. The van der Waals surface area contributed by atoms with E-state index in [-0.39, 0.29) is 0 Å². The van der Waals surface area contributed by atoms with Crippen LogP contribution >= 0.6 is 0 Å². The number of benzene rings is 1. The van der Waals surface area contributed by atoms with Crippen LogP contribution in [-0.4, -0.2) is 28.3 Å². The molecule has 0 saturated heterocycles. The van der Waals surface area contributed by atoms with Crippen molar-refractivity contribution in [3.05, 3.63) is 36.0 Å². The molecule has 17 heavy (non-hydrogen) atoms. The molecule has 0 aliphatic heterocycles. The van der Waals surface area contributed by atoms with Gasteiger partial charge in [0.25, 0.3) is 0 Å². The number of rotatable bonds is 5. The zero-order chi connectivity index (χ0) is 11.7. The van der Waals surface area contributed by atoms with Gasteiger partial charge in [-0.05, 0) is 36.8 Å². The van der Waals surface area contributed by atoms with Crippen LogP contribution in [0.1, 0.15) is 18.4 Å². The molecule has 0 bridgehead atoms. The lowest BCUT2D eigenvalue weighted by molar-refractivity contribution is -0.0930. The Morgan fingerprint density at radius 2 is 2.12 bits per heavy atom. The highest BCUT2D eigenvalue weighted by Crippen LogP contribution is 2.29. The van der Waals surface area contributed by atoms with E-state index in [0.29, 0.717) is 0 Å². The van der Waals surface area contributed by atoms with Crippen molar-refractivity contribution in [1.29, 1.82) is 0 Å². The number of hydrogen-bond acceptors (Lipinski definition) is 2. The molecular formula is C14H18N2O. The number of aromatic amines is 1. The summed E-state index contributed by atoms with van der Waals surface area (Å²) in [6, 6.07) is 8.30. The van der Waals surface area contributed by atoms with Gasteiger partial charge in [-0.1, -0.05) is 18.2 Å². The number of nitrogens with zero attached hydrogens (tertiary/aromatic N) is 1. The highest BCUT2D eigenvalue weighted by Gasteiger charge is 2.23. The molecule has 0 radical (unpaired) electrons. The highest BCUT2D eigenvalue weighted by molar-refractivity contribution is 5.83. The smallest absolute Gasteiger partial charge is 0.0456 e. The van der Waals surface area contributed by atoms with Crippen LogP contribution in [0.3, 0.4) is 0 Å². The summed E-state index contributed by atoms with van der Waals surface area (Å²) >= 11 is 0. The lowest BCUT2D eigenvalue weighted by Crippen LogP contribution is -2.24. The van der Waals surface area contributed by atoms with Gasteiger partial charge in [-0.25, -0.2) is 0 Å². The lowest BCUT2D eigenvalue weighted by atomic mass is 10.1. The van der Waals surface area contributed by atoms with Gasteiger partial charge in [-0.2, -0.15) is 5.06 Å². The van der Waals surface area contributed by atoms with Gasteiger partial charge in [0.2, 0.25) is 0 Å². The van der Waals surface area contributed by atoms with Gasteiger partial charge in [0.15, 0.2) is 0 Å². The minimum atomic E-state index is 0.721. The maximum absolute atomic E-state index is 9.75. The van der Waals surface area contributed by atoms with E-state index in [0.717, 1.165) is 25.4 Å². The van der Waals surface area contributed by atoms with Crippen LogP contribution in [0.15, 0.2) is 30.5 Å². The summed E-state index contributed by atoms with van der Waals surface area (Å²) in [5, 5.41) is 12.5. The molecule has 2 aromatic rings. The van der Waals surface area contributed by atoms with Crippen molar-refractivity contribution < 1.29 is 5.21 Å². The molecule has 1 aliphatic rings. The molecule has 2 N–H and O–H groups in total. The molecule has 1 aromatic heterocycles. The number of para-hydroxylation sites is 1. The summed E-state index contributed by atoms with van der Waals surface area (Å²) in [7, 11) is 0. The van der Waals surface area contributed by atoms with Crippen molar-refractivity contribution in [2.24, 2.45) is 5.92 Å². The fourth-order valence-corrected chi connectivity index (χ4v) is 2.28. The first-order valence-electron chi connectivity index (χ1n) is 6.32. The molecule has 0 atom stereocenters. The van der Waals surface area contributed by atoms with Gasteiger partial charge >= 0.3 is 0 Å². The minimum absolute atomic E-state index is 0.721. The van der Waals surface area contributed by atoms with Gasteiger partial charge in [-0.15, -0.1) is 0 Å². The first kappa shape index (κ1) is 10.8. The molecule has 1 saturated carbocycles. The Labute approximate surface area is 101 Å². The van der Waals surface area contributed by atoms with Crippen molar-refractivity contribution in [3.63, 3.8) is 0 Å². The Morgan fingerprint density at radius 1 is 1.29 bits per heavy atom. The molecule has 1 aromatic carbocycles. The Hall–Kier alpha value is -1.32. The average molecular weight is 230 g/mol. The van der Waals surface area contributed by atoms with Crippen LogP contribution in [0, 0.1) is 5.92 Å². The molecule has 0 amide bonds. The van der Waals surface area contributed by atoms with E-state index in [1.165, 1.54) is 34.4 Å². The zero-order valence-corrected chi connectivity index (χ0v) is 9.89. The highest BCUT2D eigenvalue weighted by atomic mass is 16.5. The predicted molar refractivity (Wildman–Crippen MR) is 68.1 cm³/mol. The van der Waals surface area contributed by atoms with E-state index >= 15 is 0 Å². The molecule has 1 heterocycles. The second-order valence-electron chi connectivity index (χ2n) is 4.97. The fraction of sp³-hybridized carbons (Fsp3) is 0.429. The predicted octanol–water partition coefficient (Wildman–Crippen LogP) is 2.81. The van der Waals surface area contributed by atoms with Crippen LogP contribution in [0.4, 0.5) is 0 Å². The normalized spacial score (nSPS) is 15.9. The van der Waals surface area contributed by atoms with Crippen molar-refractivity contribution in [2.75, 3.05) is 13.1 Å². The molecule has 1 fully saturated rings. The summed E-state index contributed by atoms with van der Waals surface area (Å²) in [5.74, 6) is 0.739. The second-order valence-corrected chi connectivity index (χ2v) is 4.97. The average Bonchev–Trinajstić information content (AvgIpc) is 3.06. The molecule has 0 unspecified atom stereocenters. The Morgan fingerprint density at radius 3 is 2.94 bits per heavy atom. The second kappa shape index (κ2) is 4.51. The van der Waals surface area contributed by atoms with E-state index in [2.05, 4.69) is 29.4 Å². The van der Waals surface area contributed by atoms with Gasteiger partial charge in [0.05, 0.1) is 0 Å². The van der Waals surface area contributed by atoms with E-state index in [1.54, 1.807) is 0 Å². The minimum Gasteiger partial charge on any atom is -0.361 e. The molecular weight excluding hydrogens is 212 g/mol. The fourth-order valence-electron chi connectivity index (χ4n) is 2.28. The van der Waals surface area contributed by atoms with Crippen LogP contribution < -0.4 is 0 Å². The molecule has 3 heteroatoms. The van der Waals surface area contributed by atoms with Gasteiger partial charge in [-0.3, -0.25) is 0 Å². The quantitative estimate of drug-likeness (QED) is 0.775.